The van der Waals surface area contributed by atoms with Crippen LogP contribution in [0.5, 0.6) is 0 Å². The number of nitrogens with zero attached hydrogens (tertiary/aromatic N) is 2. The normalized spacial score (nSPS) is 14.1. The summed E-state index contributed by atoms with van der Waals surface area (Å²) in [4.78, 5) is 4.95. The average Bonchev–Trinajstić information content (AvgIpc) is 4.06. The zero-order valence-electron chi connectivity index (χ0n) is 38.3. The van der Waals surface area contributed by atoms with Gasteiger partial charge in [0.25, 0.3) is 0 Å². The van der Waals surface area contributed by atoms with E-state index in [0.29, 0.717) is 0 Å². The van der Waals surface area contributed by atoms with Crippen molar-refractivity contribution in [3.05, 3.63) is 229 Å². The third kappa shape index (κ3) is 5.58. The van der Waals surface area contributed by atoms with E-state index in [1.807, 2.05) is 11.3 Å². The molecule has 0 unspecified atom stereocenters. The molecule has 14 rings (SSSR count). The minimum absolute atomic E-state index is 0.104. The lowest BCUT2D eigenvalue weighted by atomic mass is 9.82. The van der Waals surface area contributed by atoms with E-state index in [0.717, 1.165) is 56.1 Å². The molecule has 0 bridgehead atoms. The fraction of sp³-hybridized carbons (Fsp3) is 0.0938. The Balaban J connectivity index is 1.02. The lowest BCUT2D eigenvalue weighted by Gasteiger charge is -2.31. The van der Waals surface area contributed by atoms with Gasteiger partial charge in [-0.15, -0.1) is 11.3 Å². The zero-order chi connectivity index (χ0) is 45.5. The highest BCUT2D eigenvalue weighted by Gasteiger charge is 2.37. The first kappa shape index (κ1) is 39.3. The molecule has 12 aromatic rings. The molecular formula is C64H46N2OS. The monoisotopic (exact) mass is 890 g/mol. The van der Waals surface area contributed by atoms with E-state index < -0.39 is 0 Å². The largest absolute Gasteiger partial charge is 0.456 e. The third-order valence-electron chi connectivity index (χ3n) is 15.2. The van der Waals surface area contributed by atoms with Crippen LogP contribution in [0.1, 0.15) is 49.9 Å². The summed E-state index contributed by atoms with van der Waals surface area (Å²) in [6.07, 6.45) is 0. The lowest BCUT2D eigenvalue weighted by Crippen LogP contribution is -2.16. The molecule has 2 aliphatic rings. The number of anilines is 6. The van der Waals surface area contributed by atoms with Crippen molar-refractivity contribution in [1.29, 1.82) is 0 Å². The molecule has 0 aliphatic heterocycles. The van der Waals surface area contributed by atoms with Gasteiger partial charge in [0, 0.05) is 54.4 Å². The second-order valence-corrected chi connectivity index (χ2v) is 20.7. The highest BCUT2D eigenvalue weighted by atomic mass is 32.1. The maximum atomic E-state index is 6.57. The Morgan fingerprint density at radius 2 is 0.868 bits per heavy atom. The Morgan fingerprint density at radius 1 is 0.368 bits per heavy atom. The molecule has 4 heteroatoms. The summed E-state index contributed by atoms with van der Waals surface area (Å²) in [6.45, 7) is 9.42. The second kappa shape index (κ2) is 14.3. The van der Waals surface area contributed by atoms with Crippen LogP contribution in [0.4, 0.5) is 34.1 Å². The van der Waals surface area contributed by atoms with E-state index in [-0.39, 0.29) is 10.8 Å². The predicted molar refractivity (Wildman–Crippen MR) is 289 cm³/mol. The van der Waals surface area contributed by atoms with Crippen molar-refractivity contribution in [2.75, 3.05) is 9.80 Å². The standard InChI is InChI=1S/C64H46N2OS/c1-63(2)52-24-10-7-20-45(52)49-37-43(30-32-54(49)63)65(56-26-15-29-59-61(56)48-22-9-12-28-58(48)67-59)41-18-13-19-42(36-41)66(44-31-33-55-50(38-44)46-21-8-11-25-53(46)64(55,3)4)57-27-14-23-47-51-34-39-16-5-6-17-40(39)35-60(51)68-62(47)57/h5-38H,1-4H3. The minimum Gasteiger partial charge on any atom is -0.456 e. The molecule has 0 fully saturated rings. The van der Waals surface area contributed by atoms with Gasteiger partial charge in [-0.25, -0.2) is 0 Å². The van der Waals surface area contributed by atoms with E-state index in [1.54, 1.807) is 0 Å². The Labute approximate surface area is 399 Å². The van der Waals surface area contributed by atoms with E-state index in [1.165, 1.54) is 75.5 Å². The second-order valence-electron chi connectivity index (χ2n) is 19.7. The highest BCUT2D eigenvalue weighted by molar-refractivity contribution is 7.26. The van der Waals surface area contributed by atoms with Gasteiger partial charge in [0.1, 0.15) is 11.2 Å². The van der Waals surface area contributed by atoms with Crippen LogP contribution in [-0.2, 0) is 10.8 Å². The van der Waals surface area contributed by atoms with Crippen molar-refractivity contribution in [3.8, 4) is 22.3 Å². The molecule has 3 nitrogen and oxygen atoms in total. The number of para-hydroxylation sites is 1. The van der Waals surface area contributed by atoms with Crippen molar-refractivity contribution in [2.45, 2.75) is 38.5 Å². The Morgan fingerprint density at radius 3 is 1.56 bits per heavy atom. The number of rotatable bonds is 6. The van der Waals surface area contributed by atoms with Gasteiger partial charge < -0.3 is 14.2 Å². The van der Waals surface area contributed by atoms with Gasteiger partial charge in [-0.3, -0.25) is 0 Å². The average molecular weight is 891 g/mol. The van der Waals surface area contributed by atoms with Crippen LogP contribution in [0.2, 0.25) is 0 Å². The molecule has 2 aliphatic carbocycles. The summed E-state index contributed by atoms with van der Waals surface area (Å²) in [5, 5.41) is 7.26. The summed E-state index contributed by atoms with van der Waals surface area (Å²) >= 11 is 1.89. The van der Waals surface area contributed by atoms with Crippen molar-refractivity contribution >= 4 is 98.3 Å². The molecule has 0 saturated carbocycles. The first-order valence-corrected chi connectivity index (χ1v) is 24.5. The van der Waals surface area contributed by atoms with Crippen LogP contribution in [0.15, 0.2) is 211 Å². The predicted octanol–water partition coefficient (Wildman–Crippen LogP) is 18.7. The molecule has 0 radical (unpaired) electrons. The minimum atomic E-state index is -0.109. The van der Waals surface area contributed by atoms with Crippen molar-refractivity contribution in [3.63, 3.8) is 0 Å². The summed E-state index contributed by atoms with van der Waals surface area (Å²) < 4.78 is 9.12. The van der Waals surface area contributed by atoms with Crippen molar-refractivity contribution in [1.82, 2.24) is 0 Å². The first-order chi connectivity index (χ1) is 33.2. The molecule has 0 atom stereocenters. The molecule has 0 saturated heterocycles. The molecule has 324 valence electrons. The van der Waals surface area contributed by atoms with Gasteiger partial charge in [0.05, 0.1) is 21.5 Å². The quantitative estimate of drug-likeness (QED) is 0.166. The molecule has 0 spiro atoms. The molecule has 68 heavy (non-hydrogen) atoms. The number of hydrogen-bond acceptors (Lipinski definition) is 4. The Hall–Kier alpha value is -7.92. The zero-order valence-corrected chi connectivity index (χ0v) is 39.2. The number of fused-ring (bicyclic) bond motifs is 13. The summed E-state index contributed by atoms with van der Waals surface area (Å²) in [5.74, 6) is 0. The summed E-state index contributed by atoms with van der Waals surface area (Å²) in [5.41, 5.74) is 18.7. The molecule has 2 aromatic heterocycles. The van der Waals surface area contributed by atoms with Gasteiger partial charge >= 0.3 is 0 Å². The van der Waals surface area contributed by atoms with Gasteiger partial charge in [0.2, 0.25) is 0 Å². The van der Waals surface area contributed by atoms with E-state index in [2.05, 4.69) is 244 Å². The van der Waals surface area contributed by atoms with E-state index >= 15 is 0 Å². The van der Waals surface area contributed by atoms with Crippen molar-refractivity contribution < 1.29 is 4.42 Å². The van der Waals surface area contributed by atoms with Crippen LogP contribution in [0, 0.1) is 0 Å². The number of furan rings is 1. The van der Waals surface area contributed by atoms with E-state index in [9.17, 15) is 0 Å². The van der Waals surface area contributed by atoms with E-state index in [4.69, 9.17) is 4.42 Å². The smallest absolute Gasteiger partial charge is 0.137 e. The number of hydrogen-bond donors (Lipinski definition) is 0. The fourth-order valence-corrected chi connectivity index (χ4v) is 13.1. The molecule has 0 amide bonds. The SMILES string of the molecule is CC1(C)c2ccccc2-c2cc(N(c3cccc(N(c4ccc5c(c4)-c4ccccc4C5(C)C)c4cccc5oc6ccccc6c45)c3)c3cccc4c3sc3cc5ccccc5cc34)ccc21. The van der Waals surface area contributed by atoms with Crippen molar-refractivity contribution in [2.24, 2.45) is 0 Å². The number of thiophene rings is 1. The van der Waals surface area contributed by atoms with Gasteiger partial charge in [-0.1, -0.05) is 155 Å². The summed E-state index contributed by atoms with van der Waals surface area (Å²) in [7, 11) is 0. The first-order valence-electron chi connectivity index (χ1n) is 23.7. The van der Waals surface area contributed by atoms with Crippen LogP contribution < -0.4 is 9.80 Å². The maximum Gasteiger partial charge on any atom is 0.137 e. The molecular weight excluding hydrogens is 845 g/mol. The van der Waals surface area contributed by atoms with Gasteiger partial charge in [-0.2, -0.15) is 0 Å². The lowest BCUT2D eigenvalue weighted by molar-refractivity contribution is 0.660. The highest BCUT2D eigenvalue weighted by Crippen LogP contribution is 2.54. The fourth-order valence-electron chi connectivity index (χ4n) is 11.9. The van der Waals surface area contributed by atoms with Gasteiger partial charge in [-0.05, 0) is 134 Å². The van der Waals surface area contributed by atoms with Crippen LogP contribution in [0.25, 0.3) is 75.1 Å². The number of benzene rings is 10. The topological polar surface area (TPSA) is 19.6 Å². The molecule has 2 heterocycles. The van der Waals surface area contributed by atoms with Crippen LogP contribution in [0.3, 0.4) is 0 Å². The third-order valence-corrected chi connectivity index (χ3v) is 16.4. The Kier molecular flexibility index (Phi) is 8.25. The summed E-state index contributed by atoms with van der Waals surface area (Å²) in [6, 6.07) is 76.5. The maximum absolute atomic E-state index is 6.57. The van der Waals surface area contributed by atoms with Crippen LogP contribution >= 0.6 is 11.3 Å². The Bertz CT molecular complexity index is 4070. The molecule has 10 aromatic carbocycles. The van der Waals surface area contributed by atoms with Gasteiger partial charge in [0.15, 0.2) is 0 Å². The van der Waals surface area contributed by atoms with Crippen LogP contribution in [-0.4, -0.2) is 0 Å². The molecule has 0 N–H and O–H groups in total.